The van der Waals surface area contributed by atoms with Gasteiger partial charge in [0.15, 0.2) is 18.1 Å². The molecular formula is C24H20ClN3O4. The number of fused-ring (bicyclic) bond motifs is 1. The van der Waals surface area contributed by atoms with Crippen LogP contribution in [0.4, 0.5) is 5.69 Å². The minimum atomic E-state index is -0.334. The third-order valence-corrected chi connectivity index (χ3v) is 4.88. The van der Waals surface area contributed by atoms with E-state index >= 15 is 0 Å². The van der Waals surface area contributed by atoms with Crippen molar-refractivity contribution in [3.63, 3.8) is 0 Å². The van der Waals surface area contributed by atoms with Gasteiger partial charge < -0.3 is 19.8 Å². The van der Waals surface area contributed by atoms with Crippen LogP contribution in [-0.4, -0.2) is 29.1 Å². The first kappa shape index (κ1) is 21.4. The fourth-order valence-corrected chi connectivity index (χ4v) is 3.45. The second-order valence-corrected chi connectivity index (χ2v) is 7.26. The summed E-state index contributed by atoms with van der Waals surface area (Å²) in [5.41, 5.74) is 1.54. The predicted octanol–water partition coefficient (Wildman–Crippen LogP) is 4.66. The number of H-pyrrole nitrogens is 1. The van der Waals surface area contributed by atoms with Crippen molar-refractivity contribution >= 4 is 34.1 Å². The standard InChI is InChI=1S/C24H20ClN3O4/c1-2-31-20-13-15(23-27-19-11-7-6-10-17(19)24(30)28-23)12-18(25)22(20)32-14-21(29)26-16-8-4-3-5-9-16/h3-13H,2,14H2,1H3,(H,26,29)(H,27,28,30). The molecule has 1 aromatic heterocycles. The van der Waals surface area contributed by atoms with E-state index in [1.807, 2.05) is 31.2 Å². The summed E-state index contributed by atoms with van der Waals surface area (Å²) in [6.07, 6.45) is 0. The lowest BCUT2D eigenvalue weighted by Gasteiger charge is -2.15. The first-order valence-corrected chi connectivity index (χ1v) is 10.4. The summed E-state index contributed by atoms with van der Waals surface area (Å²) in [5.74, 6) is 0.603. The molecule has 0 spiro atoms. The van der Waals surface area contributed by atoms with Gasteiger partial charge in [0.1, 0.15) is 5.82 Å². The van der Waals surface area contributed by atoms with Gasteiger partial charge in [0.2, 0.25) is 0 Å². The molecule has 4 aromatic rings. The molecule has 0 saturated heterocycles. The van der Waals surface area contributed by atoms with Crippen LogP contribution in [0.1, 0.15) is 6.92 Å². The third-order valence-electron chi connectivity index (χ3n) is 4.60. The van der Waals surface area contributed by atoms with Gasteiger partial charge in [0.05, 0.1) is 22.5 Å². The summed E-state index contributed by atoms with van der Waals surface area (Å²) in [5, 5.41) is 3.47. The minimum Gasteiger partial charge on any atom is -0.490 e. The van der Waals surface area contributed by atoms with Crippen LogP contribution in [-0.2, 0) is 4.79 Å². The second kappa shape index (κ2) is 9.53. The highest BCUT2D eigenvalue weighted by Gasteiger charge is 2.17. The van der Waals surface area contributed by atoms with Gasteiger partial charge in [-0.3, -0.25) is 9.59 Å². The van der Waals surface area contributed by atoms with Crippen molar-refractivity contribution < 1.29 is 14.3 Å². The van der Waals surface area contributed by atoms with E-state index in [4.69, 9.17) is 21.1 Å². The Morgan fingerprint density at radius 1 is 1.06 bits per heavy atom. The molecule has 1 heterocycles. The molecule has 3 aromatic carbocycles. The highest BCUT2D eigenvalue weighted by atomic mass is 35.5. The number of nitrogens with zero attached hydrogens (tertiary/aromatic N) is 1. The largest absolute Gasteiger partial charge is 0.490 e. The Kier molecular flexibility index (Phi) is 6.37. The van der Waals surface area contributed by atoms with E-state index < -0.39 is 0 Å². The van der Waals surface area contributed by atoms with Crippen molar-refractivity contribution in [2.24, 2.45) is 0 Å². The highest BCUT2D eigenvalue weighted by Crippen LogP contribution is 2.39. The van der Waals surface area contributed by atoms with Crippen molar-refractivity contribution in [2.45, 2.75) is 6.92 Å². The Labute approximate surface area is 189 Å². The number of amides is 1. The molecule has 0 aliphatic rings. The smallest absolute Gasteiger partial charge is 0.262 e. The van der Waals surface area contributed by atoms with Gasteiger partial charge in [0.25, 0.3) is 11.5 Å². The number of anilines is 1. The maximum absolute atomic E-state index is 12.4. The van der Waals surface area contributed by atoms with Crippen molar-refractivity contribution in [2.75, 3.05) is 18.5 Å². The number of halogens is 1. The van der Waals surface area contributed by atoms with E-state index in [0.717, 1.165) is 0 Å². The molecule has 7 nitrogen and oxygen atoms in total. The van der Waals surface area contributed by atoms with Crippen molar-refractivity contribution in [1.82, 2.24) is 9.97 Å². The fraction of sp³-hybridized carbons (Fsp3) is 0.125. The molecule has 162 valence electrons. The Hall–Kier alpha value is -3.84. The zero-order valence-electron chi connectivity index (χ0n) is 17.2. The van der Waals surface area contributed by atoms with Crippen LogP contribution in [0.3, 0.4) is 0 Å². The van der Waals surface area contributed by atoms with E-state index in [-0.39, 0.29) is 28.8 Å². The number of carbonyl (C=O) groups is 1. The van der Waals surface area contributed by atoms with Gasteiger partial charge in [-0.25, -0.2) is 4.98 Å². The summed E-state index contributed by atoms with van der Waals surface area (Å²) in [4.78, 5) is 32.0. The maximum Gasteiger partial charge on any atom is 0.262 e. The second-order valence-electron chi connectivity index (χ2n) is 6.85. The summed E-state index contributed by atoms with van der Waals surface area (Å²) in [7, 11) is 0. The number of hydrogen-bond donors (Lipinski definition) is 2. The summed E-state index contributed by atoms with van der Waals surface area (Å²) in [6.45, 7) is 1.93. The molecule has 32 heavy (non-hydrogen) atoms. The van der Waals surface area contributed by atoms with Gasteiger partial charge in [-0.1, -0.05) is 41.9 Å². The number of aromatic amines is 1. The van der Waals surface area contributed by atoms with Crippen LogP contribution in [0.2, 0.25) is 5.02 Å². The molecule has 0 fully saturated rings. The monoisotopic (exact) mass is 449 g/mol. The predicted molar refractivity (Wildman–Crippen MR) is 125 cm³/mol. The number of hydrogen-bond acceptors (Lipinski definition) is 5. The average Bonchev–Trinajstić information content (AvgIpc) is 2.79. The summed E-state index contributed by atoms with van der Waals surface area (Å²) in [6, 6.07) is 19.4. The summed E-state index contributed by atoms with van der Waals surface area (Å²) < 4.78 is 11.4. The van der Waals surface area contributed by atoms with Crippen LogP contribution < -0.4 is 20.3 Å². The molecule has 0 bridgehead atoms. The lowest BCUT2D eigenvalue weighted by Crippen LogP contribution is -2.20. The number of ether oxygens (including phenoxy) is 2. The Morgan fingerprint density at radius 3 is 2.59 bits per heavy atom. The number of para-hydroxylation sites is 2. The van der Waals surface area contributed by atoms with Crippen molar-refractivity contribution in [1.29, 1.82) is 0 Å². The molecule has 0 aliphatic heterocycles. The Bertz CT molecular complexity index is 1320. The van der Waals surface area contributed by atoms with Gasteiger partial charge in [-0.15, -0.1) is 0 Å². The van der Waals surface area contributed by atoms with E-state index in [2.05, 4.69) is 15.3 Å². The highest BCUT2D eigenvalue weighted by molar-refractivity contribution is 6.32. The lowest BCUT2D eigenvalue weighted by atomic mass is 10.1. The van der Waals surface area contributed by atoms with Gasteiger partial charge in [0, 0.05) is 11.3 Å². The van der Waals surface area contributed by atoms with Crippen LogP contribution in [0, 0.1) is 0 Å². The third kappa shape index (κ3) is 4.73. The van der Waals surface area contributed by atoms with Gasteiger partial charge in [-0.05, 0) is 43.3 Å². The molecule has 1 amide bonds. The quantitative estimate of drug-likeness (QED) is 0.428. The van der Waals surface area contributed by atoms with Crippen molar-refractivity contribution in [3.8, 4) is 22.9 Å². The molecular weight excluding hydrogens is 430 g/mol. The first-order valence-electron chi connectivity index (χ1n) is 9.98. The van der Waals surface area contributed by atoms with E-state index in [1.54, 1.807) is 42.5 Å². The SMILES string of the molecule is CCOc1cc(-c2nc3ccccc3c(=O)[nH]2)cc(Cl)c1OCC(=O)Nc1ccccc1. The molecule has 0 atom stereocenters. The minimum absolute atomic E-state index is 0.231. The van der Waals surface area contributed by atoms with Gasteiger partial charge in [-0.2, -0.15) is 0 Å². The summed E-state index contributed by atoms with van der Waals surface area (Å²) >= 11 is 6.47. The van der Waals surface area contributed by atoms with E-state index in [9.17, 15) is 9.59 Å². The number of carbonyl (C=O) groups excluding carboxylic acids is 1. The Balaban J connectivity index is 1.61. The average molecular weight is 450 g/mol. The zero-order valence-corrected chi connectivity index (χ0v) is 18.0. The molecule has 0 aliphatic carbocycles. The topological polar surface area (TPSA) is 93.3 Å². The number of benzene rings is 3. The molecule has 4 rings (SSSR count). The molecule has 8 heteroatoms. The van der Waals surface area contributed by atoms with Crippen LogP contribution in [0.15, 0.2) is 71.5 Å². The van der Waals surface area contributed by atoms with Crippen molar-refractivity contribution in [3.05, 3.63) is 82.1 Å². The van der Waals surface area contributed by atoms with Gasteiger partial charge >= 0.3 is 0 Å². The Morgan fingerprint density at radius 2 is 1.81 bits per heavy atom. The van der Waals surface area contributed by atoms with Crippen LogP contribution >= 0.6 is 11.6 Å². The molecule has 0 saturated carbocycles. The number of nitrogens with one attached hydrogen (secondary N) is 2. The number of aromatic nitrogens is 2. The number of rotatable bonds is 7. The molecule has 0 unspecified atom stereocenters. The maximum atomic E-state index is 12.4. The first-order chi connectivity index (χ1) is 15.5. The lowest BCUT2D eigenvalue weighted by molar-refractivity contribution is -0.118. The zero-order chi connectivity index (χ0) is 22.5. The normalized spacial score (nSPS) is 10.7. The molecule has 2 N–H and O–H groups in total. The molecule has 0 radical (unpaired) electrons. The van der Waals surface area contributed by atoms with Crippen LogP contribution in [0.25, 0.3) is 22.3 Å². The van der Waals surface area contributed by atoms with Crippen LogP contribution in [0.5, 0.6) is 11.5 Å². The van der Waals surface area contributed by atoms with E-state index in [0.29, 0.717) is 40.3 Å². The van der Waals surface area contributed by atoms with E-state index in [1.165, 1.54) is 0 Å². The fourth-order valence-electron chi connectivity index (χ4n) is 3.19.